The Morgan fingerprint density at radius 1 is 1.40 bits per heavy atom. The Morgan fingerprint density at radius 2 is 2.30 bits per heavy atom. The SMILES string of the molecule is O=C(NCCCn1cncn1)c1scc2c1CCCC2. The first-order valence-corrected chi connectivity index (χ1v) is 7.92. The molecule has 0 bridgehead atoms. The number of thiophene rings is 1. The molecule has 5 nitrogen and oxygen atoms in total. The number of carbonyl (C=O) groups excluding carboxylic acids is 1. The van der Waals surface area contributed by atoms with Crippen molar-refractivity contribution in [3.63, 3.8) is 0 Å². The van der Waals surface area contributed by atoms with Gasteiger partial charge >= 0.3 is 0 Å². The van der Waals surface area contributed by atoms with Crippen molar-refractivity contribution >= 4 is 17.2 Å². The van der Waals surface area contributed by atoms with Gasteiger partial charge in [-0.05, 0) is 48.6 Å². The van der Waals surface area contributed by atoms with Crippen LogP contribution in [-0.4, -0.2) is 27.2 Å². The van der Waals surface area contributed by atoms with E-state index in [1.807, 2.05) is 0 Å². The largest absolute Gasteiger partial charge is 0.351 e. The van der Waals surface area contributed by atoms with E-state index in [9.17, 15) is 4.79 Å². The van der Waals surface area contributed by atoms with E-state index in [-0.39, 0.29) is 5.91 Å². The first kappa shape index (κ1) is 13.3. The highest BCUT2D eigenvalue weighted by molar-refractivity contribution is 7.12. The third-order valence-electron chi connectivity index (χ3n) is 3.63. The molecule has 0 saturated heterocycles. The zero-order chi connectivity index (χ0) is 13.8. The summed E-state index contributed by atoms with van der Waals surface area (Å²) in [5, 5.41) is 9.19. The molecule has 2 aromatic rings. The van der Waals surface area contributed by atoms with E-state index in [4.69, 9.17) is 0 Å². The molecule has 0 atom stereocenters. The van der Waals surface area contributed by atoms with Gasteiger partial charge in [-0.25, -0.2) is 4.98 Å². The molecule has 1 amide bonds. The lowest BCUT2D eigenvalue weighted by Gasteiger charge is -2.12. The number of hydrogen-bond acceptors (Lipinski definition) is 4. The quantitative estimate of drug-likeness (QED) is 0.857. The Kier molecular flexibility index (Phi) is 4.11. The minimum absolute atomic E-state index is 0.0803. The standard InChI is InChI=1S/C14H18N4OS/c19-14(16-6-3-7-18-10-15-9-17-18)13-12-5-2-1-4-11(12)8-20-13/h8-10H,1-7H2,(H,16,19). The fourth-order valence-corrected chi connectivity index (χ4v) is 3.66. The first-order valence-electron chi connectivity index (χ1n) is 7.04. The predicted octanol–water partition coefficient (Wildman–Crippen LogP) is 2.04. The van der Waals surface area contributed by atoms with Crippen molar-refractivity contribution < 1.29 is 4.79 Å². The van der Waals surface area contributed by atoms with Gasteiger partial charge < -0.3 is 5.32 Å². The van der Waals surface area contributed by atoms with E-state index in [1.54, 1.807) is 22.3 Å². The fourth-order valence-electron chi connectivity index (χ4n) is 2.58. The average Bonchev–Trinajstić information content (AvgIpc) is 3.12. The summed E-state index contributed by atoms with van der Waals surface area (Å²) < 4.78 is 1.78. The van der Waals surface area contributed by atoms with Gasteiger partial charge in [0.1, 0.15) is 12.7 Å². The van der Waals surface area contributed by atoms with Crippen molar-refractivity contribution in [3.05, 3.63) is 34.0 Å². The van der Waals surface area contributed by atoms with Gasteiger partial charge in [-0.2, -0.15) is 5.10 Å². The Hall–Kier alpha value is -1.69. The summed E-state index contributed by atoms with van der Waals surface area (Å²) in [7, 11) is 0. The van der Waals surface area contributed by atoms with Crippen LogP contribution in [0.4, 0.5) is 0 Å². The maximum absolute atomic E-state index is 12.2. The number of nitrogens with one attached hydrogen (secondary N) is 1. The molecule has 1 N–H and O–H groups in total. The van der Waals surface area contributed by atoms with E-state index in [1.165, 1.54) is 30.3 Å². The number of fused-ring (bicyclic) bond motifs is 1. The molecule has 0 aliphatic heterocycles. The van der Waals surface area contributed by atoms with Crippen LogP contribution >= 0.6 is 11.3 Å². The van der Waals surface area contributed by atoms with E-state index >= 15 is 0 Å². The van der Waals surface area contributed by atoms with E-state index in [0.29, 0.717) is 6.54 Å². The summed E-state index contributed by atoms with van der Waals surface area (Å²) in [4.78, 5) is 17.0. The van der Waals surface area contributed by atoms with Crippen molar-refractivity contribution in [2.45, 2.75) is 38.6 Å². The number of aromatic nitrogens is 3. The second kappa shape index (κ2) is 6.17. The molecule has 2 heterocycles. The molecule has 0 fully saturated rings. The van der Waals surface area contributed by atoms with Crippen LogP contribution in [0.1, 0.15) is 40.1 Å². The van der Waals surface area contributed by atoms with Crippen LogP contribution in [0, 0.1) is 0 Å². The second-order valence-corrected chi connectivity index (χ2v) is 5.92. The first-order chi connectivity index (χ1) is 9.84. The Morgan fingerprint density at radius 3 is 3.15 bits per heavy atom. The van der Waals surface area contributed by atoms with E-state index in [2.05, 4.69) is 20.8 Å². The second-order valence-electron chi connectivity index (χ2n) is 5.04. The highest BCUT2D eigenvalue weighted by Gasteiger charge is 2.19. The third-order valence-corrected chi connectivity index (χ3v) is 4.70. The number of nitrogens with zero attached hydrogens (tertiary/aromatic N) is 3. The van der Waals surface area contributed by atoms with Gasteiger partial charge in [-0.3, -0.25) is 9.48 Å². The van der Waals surface area contributed by atoms with Crippen LogP contribution in [0.2, 0.25) is 0 Å². The minimum atomic E-state index is 0.0803. The van der Waals surface area contributed by atoms with Crippen molar-refractivity contribution in [1.82, 2.24) is 20.1 Å². The highest BCUT2D eigenvalue weighted by Crippen LogP contribution is 2.29. The smallest absolute Gasteiger partial charge is 0.261 e. The Balaban J connectivity index is 1.50. The summed E-state index contributed by atoms with van der Waals surface area (Å²) in [5.74, 6) is 0.0803. The normalized spacial score (nSPS) is 14.0. The summed E-state index contributed by atoms with van der Waals surface area (Å²) in [6.45, 7) is 1.45. The van der Waals surface area contributed by atoms with Gasteiger partial charge in [0, 0.05) is 13.1 Å². The van der Waals surface area contributed by atoms with Gasteiger partial charge in [-0.15, -0.1) is 11.3 Å². The van der Waals surface area contributed by atoms with Gasteiger partial charge in [0.15, 0.2) is 0 Å². The molecule has 6 heteroatoms. The lowest BCUT2D eigenvalue weighted by Crippen LogP contribution is -2.25. The average molecular weight is 290 g/mol. The molecule has 0 saturated carbocycles. The summed E-state index contributed by atoms with van der Waals surface area (Å²) in [5.41, 5.74) is 2.67. The van der Waals surface area contributed by atoms with Crippen LogP contribution < -0.4 is 5.32 Å². The van der Waals surface area contributed by atoms with Crippen LogP contribution in [-0.2, 0) is 19.4 Å². The molecule has 20 heavy (non-hydrogen) atoms. The van der Waals surface area contributed by atoms with Crippen LogP contribution in [0.25, 0.3) is 0 Å². The summed E-state index contributed by atoms with van der Waals surface area (Å²) >= 11 is 1.59. The zero-order valence-corrected chi connectivity index (χ0v) is 12.2. The Labute approximate surface area is 122 Å². The van der Waals surface area contributed by atoms with Gasteiger partial charge in [-0.1, -0.05) is 0 Å². The Bertz CT molecular complexity index is 576. The lowest BCUT2D eigenvalue weighted by molar-refractivity contribution is 0.0955. The topological polar surface area (TPSA) is 59.8 Å². The summed E-state index contributed by atoms with van der Waals surface area (Å²) in [6, 6.07) is 0. The van der Waals surface area contributed by atoms with E-state index in [0.717, 1.165) is 30.7 Å². The molecule has 1 aliphatic rings. The maximum Gasteiger partial charge on any atom is 0.261 e. The van der Waals surface area contributed by atoms with Gasteiger partial charge in [0.2, 0.25) is 0 Å². The number of amides is 1. The van der Waals surface area contributed by atoms with Crippen LogP contribution in [0.3, 0.4) is 0 Å². The van der Waals surface area contributed by atoms with Gasteiger partial charge in [0.25, 0.3) is 5.91 Å². The highest BCUT2D eigenvalue weighted by atomic mass is 32.1. The molecule has 1 aliphatic carbocycles. The van der Waals surface area contributed by atoms with Crippen molar-refractivity contribution in [2.24, 2.45) is 0 Å². The molecule has 0 radical (unpaired) electrons. The molecular weight excluding hydrogens is 272 g/mol. The molecule has 0 unspecified atom stereocenters. The number of rotatable bonds is 5. The third kappa shape index (κ3) is 2.90. The van der Waals surface area contributed by atoms with Crippen LogP contribution in [0.5, 0.6) is 0 Å². The minimum Gasteiger partial charge on any atom is -0.351 e. The van der Waals surface area contributed by atoms with Crippen molar-refractivity contribution in [3.8, 4) is 0 Å². The lowest BCUT2D eigenvalue weighted by atomic mass is 9.94. The van der Waals surface area contributed by atoms with Crippen molar-refractivity contribution in [1.29, 1.82) is 0 Å². The molecule has 106 valence electrons. The molecule has 2 aromatic heterocycles. The molecule has 0 spiro atoms. The van der Waals surface area contributed by atoms with Gasteiger partial charge in [0.05, 0.1) is 4.88 Å². The predicted molar refractivity (Wildman–Crippen MR) is 77.9 cm³/mol. The number of carbonyl (C=O) groups is 1. The zero-order valence-electron chi connectivity index (χ0n) is 11.3. The fraction of sp³-hybridized carbons (Fsp3) is 0.500. The summed E-state index contributed by atoms with van der Waals surface area (Å²) in [6.07, 6.45) is 8.72. The molecule has 3 rings (SSSR count). The number of aryl methyl sites for hydroxylation is 2. The number of hydrogen-bond donors (Lipinski definition) is 1. The monoisotopic (exact) mass is 290 g/mol. The molecular formula is C14H18N4OS. The van der Waals surface area contributed by atoms with Crippen LogP contribution in [0.15, 0.2) is 18.0 Å². The van der Waals surface area contributed by atoms with Crippen molar-refractivity contribution in [2.75, 3.05) is 6.54 Å². The molecule has 0 aromatic carbocycles. The maximum atomic E-state index is 12.2. The van der Waals surface area contributed by atoms with E-state index < -0.39 is 0 Å².